The summed E-state index contributed by atoms with van der Waals surface area (Å²) >= 11 is 0. The van der Waals surface area contributed by atoms with E-state index in [1.807, 2.05) is 12.1 Å². The highest BCUT2D eigenvalue weighted by atomic mass is 32.2. The Balaban J connectivity index is 1.36. The summed E-state index contributed by atoms with van der Waals surface area (Å²) in [4.78, 5) is 12.7. The first kappa shape index (κ1) is 24.6. The van der Waals surface area contributed by atoms with Gasteiger partial charge in [0.05, 0.1) is 16.5 Å². The standard InChI is InChI=1S/C28H29N3O3S/c29-18-21-9-11-24(12-10-21)25-13-15-27(16-14-25)35(33,34)31-20-23-7-4-8-26(17-23)28(32)30-19-22-5-2-1-3-6-22/h4,7-17,22,31H,1-3,5-6,19-20H2,(H,30,32). The van der Waals surface area contributed by atoms with Gasteiger partial charge in [-0.15, -0.1) is 0 Å². The third-order valence-corrected chi connectivity index (χ3v) is 7.86. The van der Waals surface area contributed by atoms with E-state index in [2.05, 4.69) is 16.1 Å². The molecule has 2 N–H and O–H groups in total. The van der Waals surface area contributed by atoms with Crippen molar-refractivity contribution in [2.75, 3.05) is 6.54 Å². The van der Waals surface area contributed by atoms with E-state index in [9.17, 15) is 13.2 Å². The maximum Gasteiger partial charge on any atom is 0.251 e. The highest BCUT2D eigenvalue weighted by molar-refractivity contribution is 7.89. The molecule has 1 saturated carbocycles. The van der Waals surface area contributed by atoms with Gasteiger partial charge in [-0.2, -0.15) is 5.26 Å². The van der Waals surface area contributed by atoms with E-state index < -0.39 is 10.0 Å². The molecular weight excluding hydrogens is 458 g/mol. The first-order valence-electron chi connectivity index (χ1n) is 11.9. The van der Waals surface area contributed by atoms with Crippen LogP contribution in [0.1, 0.15) is 53.6 Å². The molecule has 4 rings (SSSR count). The molecule has 1 fully saturated rings. The Labute approximate surface area is 207 Å². The van der Waals surface area contributed by atoms with Crippen LogP contribution < -0.4 is 10.0 Å². The fourth-order valence-corrected chi connectivity index (χ4v) is 5.40. The maximum absolute atomic E-state index is 12.8. The predicted octanol–water partition coefficient (Wildman–Crippen LogP) is 5.01. The second-order valence-corrected chi connectivity index (χ2v) is 10.7. The van der Waals surface area contributed by atoms with Gasteiger partial charge >= 0.3 is 0 Å². The maximum atomic E-state index is 12.8. The molecule has 35 heavy (non-hydrogen) atoms. The number of carbonyl (C=O) groups is 1. The second kappa shape index (κ2) is 11.3. The molecule has 0 unspecified atom stereocenters. The molecule has 3 aromatic rings. The number of benzene rings is 3. The quantitative estimate of drug-likeness (QED) is 0.466. The van der Waals surface area contributed by atoms with E-state index in [0.717, 1.165) is 24.0 Å². The third-order valence-electron chi connectivity index (χ3n) is 6.44. The third kappa shape index (κ3) is 6.56. The Morgan fingerprint density at radius 2 is 1.57 bits per heavy atom. The molecule has 3 aromatic carbocycles. The van der Waals surface area contributed by atoms with Gasteiger partial charge in [0.1, 0.15) is 0 Å². The molecule has 0 saturated heterocycles. The minimum atomic E-state index is -3.72. The number of nitrogens with one attached hydrogen (secondary N) is 2. The van der Waals surface area contributed by atoms with Crippen molar-refractivity contribution in [2.45, 2.75) is 43.5 Å². The highest BCUT2D eigenvalue weighted by Crippen LogP contribution is 2.23. The predicted molar refractivity (Wildman–Crippen MR) is 136 cm³/mol. The summed E-state index contributed by atoms with van der Waals surface area (Å²) in [6, 6.07) is 22.9. The zero-order valence-electron chi connectivity index (χ0n) is 19.5. The number of nitrogens with zero attached hydrogens (tertiary/aromatic N) is 1. The summed E-state index contributed by atoms with van der Waals surface area (Å²) in [5.41, 5.74) is 3.58. The summed E-state index contributed by atoms with van der Waals surface area (Å²) in [5.74, 6) is 0.421. The van der Waals surface area contributed by atoms with Crippen LogP contribution in [0.4, 0.5) is 0 Å². The first-order valence-corrected chi connectivity index (χ1v) is 13.4. The fourth-order valence-electron chi connectivity index (χ4n) is 4.38. The van der Waals surface area contributed by atoms with Gasteiger partial charge in [0, 0.05) is 18.7 Å². The monoisotopic (exact) mass is 487 g/mol. The van der Waals surface area contributed by atoms with Crippen LogP contribution in [0.25, 0.3) is 11.1 Å². The fraction of sp³-hybridized carbons (Fsp3) is 0.286. The van der Waals surface area contributed by atoms with Gasteiger partial charge in [-0.3, -0.25) is 4.79 Å². The van der Waals surface area contributed by atoms with Gasteiger partial charge < -0.3 is 5.32 Å². The van der Waals surface area contributed by atoms with E-state index >= 15 is 0 Å². The van der Waals surface area contributed by atoms with Crippen LogP contribution in [0.3, 0.4) is 0 Å². The van der Waals surface area contributed by atoms with E-state index in [-0.39, 0.29) is 17.3 Å². The summed E-state index contributed by atoms with van der Waals surface area (Å²) in [5, 5.41) is 12.0. The molecule has 0 heterocycles. The van der Waals surface area contributed by atoms with Gasteiger partial charge in [-0.05, 0) is 71.8 Å². The molecule has 7 heteroatoms. The van der Waals surface area contributed by atoms with Crippen molar-refractivity contribution in [1.29, 1.82) is 5.26 Å². The zero-order valence-corrected chi connectivity index (χ0v) is 20.4. The average molecular weight is 488 g/mol. The first-order chi connectivity index (χ1) is 16.9. The molecule has 0 atom stereocenters. The SMILES string of the molecule is N#Cc1ccc(-c2ccc(S(=O)(=O)NCc3cccc(C(=O)NCC4CCCCC4)c3)cc2)cc1. The van der Waals surface area contributed by atoms with E-state index in [1.54, 1.807) is 60.7 Å². The van der Waals surface area contributed by atoms with E-state index in [4.69, 9.17) is 5.26 Å². The van der Waals surface area contributed by atoms with Crippen molar-refractivity contribution in [3.05, 3.63) is 89.5 Å². The van der Waals surface area contributed by atoms with Crippen LogP contribution in [0.5, 0.6) is 0 Å². The number of rotatable bonds is 8. The molecule has 6 nitrogen and oxygen atoms in total. The summed E-state index contributed by atoms with van der Waals surface area (Å²) in [6.45, 7) is 0.775. The molecule has 0 aromatic heterocycles. The lowest BCUT2D eigenvalue weighted by atomic mass is 9.89. The molecule has 1 amide bonds. The topological polar surface area (TPSA) is 99.1 Å². The van der Waals surface area contributed by atoms with Crippen molar-refractivity contribution in [1.82, 2.24) is 10.0 Å². The highest BCUT2D eigenvalue weighted by Gasteiger charge is 2.16. The van der Waals surface area contributed by atoms with Crippen molar-refractivity contribution in [3.63, 3.8) is 0 Å². The molecule has 1 aliphatic rings. The Hall–Kier alpha value is -3.47. The minimum absolute atomic E-state index is 0.0868. The summed E-state index contributed by atoms with van der Waals surface area (Å²) in [7, 11) is -3.72. The molecule has 0 bridgehead atoms. The van der Waals surface area contributed by atoms with Gasteiger partial charge in [-0.1, -0.05) is 55.7 Å². The molecule has 1 aliphatic carbocycles. The van der Waals surface area contributed by atoms with Gasteiger partial charge in [0.2, 0.25) is 10.0 Å². The van der Waals surface area contributed by atoms with E-state index in [0.29, 0.717) is 29.2 Å². The number of sulfonamides is 1. The van der Waals surface area contributed by atoms with Crippen LogP contribution in [0.15, 0.2) is 77.7 Å². The van der Waals surface area contributed by atoms with Crippen LogP contribution in [-0.4, -0.2) is 20.9 Å². The number of nitriles is 1. The largest absolute Gasteiger partial charge is 0.352 e. The Morgan fingerprint density at radius 3 is 2.23 bits per heavy atom. The van der Waals surface area contributed by atoms with Crippen LogP contribution in [0, 0.1) is 17.2 Å². The number of hydrogen-bond donors (Lipinski definition) is 2. The van der Waals surface area contributed by atoms with Gasteiger partial charge in [-0.25, -0.2) is 13.1 Å². The Kier molecular flexibility index (Phi) is 7.96. The van der Waals surface area contributed by atoms with Crippen molar-refractivity contribution >= 4 is 15.9 Å². The van der Waals surface area contributed by atoms with Crippen molar-refractivity contribution in [2.24, 2.45) is 5.92 Å². The second-order valence-electron chi connectivity index (χ2n) is 8.95. The van der Waals surface area contributed by atoms with Gasteiger partial charge in [0.15, 0.2) is 0 Å². The zero-order chi connectivity index (χ0) is 24.7. The van der Waals surface area contributed by atoms with E-state index in [1.165, 1.54) is 19.3 Å². The number of hydrogen-bond acceptors (Lipinski definition) is 4. The van der Waals surface area contributed by atoms with Gasteiger partial charge in [0.25, 0.3) is 5.91 Å². The lowest BCUT2D eigenvalue weighted by Gasteiger charge is -2.21. The lowest BCUT2D eigenvalue weighted by molar-refractivity contribution is 0.0943. The number of carbonyl (C=O) groups excluding carboxylic acids is 1. The molecular formula is C28H29N3O3S. The smallest absolute Gasteiger partial charge is 0.251 e. The summed E-state index contributed by atoms with van der Waals surface area (Å²) < 4.78 is 28.2. The molecule has 180 valence electrons. The summed E-state index contributed by atoms with van der Waals surface area (Å²) in [6.07, 6.45) is 6.07. The molecule has 0 spiro atoms. The average Bonchev–Trinajstić information content (AvgIpc) is 2.91. The van der Waals surface area contributed by atoms with Crippen molar-refractivity contribution < 1.29 is 13.2 Å². The van der Waals surface area contributed by atoms with Crippen molar-refractivity contribution in [3.8, 4) is 17.2 Å². The minimum Gasteiger partial charge on any atom is -0.352 e. The van der Waals surface area contributed by atoms with Crippen LogP contribution in [-0.2, 0) is 16.6 Å². The van der Waals surface area contributed by atoms with Crippen LogP contribution in [0.2, 0.25) is 0 Å². The normalized spacial score (nSPS) is 14.3. The Bertz CT molecular complexity index is 1300. The van der Waals surface area contributed by atoms with Crippen LogP contribution >= 0.6 is 0 Å². The molecule has 0 aliphatic heterocycles. The molecule has 0 radical (unpaired) electrons. The number of amides is 1. The lowest BCUT2D eigenvalue weighted by Crippen LogP contribution is -2.30. The Morgan fingerprint density at radius 1 is 0.914 bits per heavy atom.